The van der Waals surface area contributed by atoms with E-state index in [1.165, 1.54) is 13.1 Å². The molecule has 0 bridgehead atoms. The van der Waals surface area contributed by atoms with Crippen LogP contribution in [0.5, 0.6) is 0 Å². The number of tetrazole rings is 1. The van der Waals surface area contributed by atoms with Gasteiger partial charge in [0, 0.05) is 13.1 Å². The lowest BCUT2D eigenvalue weighted by Crippen LogP contribution is -2.13. The van der Waals surface area contributed by atoms with Gasteiger partial charge in [0.25, 0.3) is 5.56 Å². The first-order valence-corrected chi connectivity index (χ1v) is 3.69. The predicted molar refractivity (Wildman–Crippen MR) is 45.7 cm³/mol. The number of rotatable bonds is 0. The molecule has 2 rings (SSSR count). The van der Waals surface area contributed by atoms with Gasteiger partial charge in [-0.15, -0.1) is 0 Å². The second kappa shape index (κ2) is 4.21. The van der Waals surface area contributed by atoms with Gasteiger partial charge in [-0.2, -0.15) is 9.84 Å². The minimum absolute atomic E-state index is 0.183. The Kier molecular flexibility index (Phi) is 3.00. The standard InChI is InChI=1S/C4H5NO2.C2H4N4O/c1-3-2-4(6)5-7-3;1-6-2(7)3-4-5-6/h2H,1H3,(H,5,6);1H3,(H,3,5,7). The number of H-pyrrole nitrogens is 2. The first-order chi connectivity index (χ1) is 6.59. The molecule has 2 heterocycles. The Labute approximate surface area is 77.5 Å². The molecule has 0 atom stereocenters. The number of nitrogens with one attached hydrogen (secondary N) is 2. The maximum atomic E-state index is 10.2. The van der Waals surface area contributed by atoms with Crippen molar-refractivity contribution in [2.45, 2.75) is 6.92 Å². The second-order valence-electron chi connectivity index (χ2n) is 2.45. The third kappa shape index (κ3) is 2.73. The molecule has 8 nitrogen and oxygen atoms in total. The van der Waals surface area contributed by atoms with E-state index in [1.54, 1.807) is 6.92 Å². The quantitative estimate of drug-likeness (QED) is 0.552. The largest absolute Gasteiger partial charge is 0.384 e. The molecule has 0 amide bonds. The molecule has 0 aliphatic heterocycles. The molecule has 76 valence electrons. The molecule has 0 spiro atoms. The fraction of sp³-hybridized carbons (Fsp3) is 0.333. The topological polar surface area (TPSA) is 110 Å². The molecule has 0 aliphatic rings. The number of hydrogen-bond donors (Lipinski definition) is 2. The average Bonchev–Trinajstić information content (AvgIpc) is 2.65. The second-order valence-corrected chi connectivity index (χ2v) is 2.45. The number of nitrogens with zero attached hydrogens (tertiary/aromatic N) is 3. The molecule has 14 heavy (non-hydrogen) atoms. The smallest absolute Gasteiger partial charge is 0.360 e. The number of aromatic amines is 2. The Morgan fingerprint density at radius 3 is 2.36 bits per heavy atom. The summed E-state index contributed by atoms with van der Waals surface area (Å²) in [5, 5.41) is 10.8. The molecule has 2 N–H and O–H groups in total. The van der Waals surface area contributed by atoms with E-state index >= 15 is 0 Å². The first kappa shape index (κ1) is 9.96. The van der Waals surface area contributed by atoms with Gasteiger partial charge in [-0.05, 0) is 17.4 Å². The van der Waals surface area contributed by atoms with Gasteiger partial charge in [0.1, 0.15) is 5.76 Å². The summed E-state index contributed by atoms with van der Waals surface area (Å²) in [6.45, 7) is 1.71. The minimum Gasteiger partial charge on any atom is -0.384 e. The van der Waals surface area contributed by atoms with Crippen molar-refractivity contribution in [2.24, 2.45) is 7.05 Å². The van der Waals surface area contributed by atoms with Crippen LogP contribution in [0.4, 0.5) is 0 Å². The molecular weight excluding hydrogens is 190 g/mol. The zero-order valence-electron chi connectivity index (χ0n) is 7.64. The summed E-state index contributed by atoms with van der Waals surface area (Å²) < 4.78 is 5.64. The van der Waals surface area contributed by atoms with Crippen molar-refractivity contribution >= 4 is 0 Å². The molecule has 0 unspecified atom stereocenters. The molecule has 8 heteroatoms. The summed E-state index contributed by atoms with van der Waals surface area (Å²) in [7, 11) is 1.52. The molecule has 2 aromatic rings. The fourth-order valence-electron chi connectivity index (χ4n) is 0.620. The van der Waals surface area contributed by atoms with Crippen molar-refractivity contribution < 1.29 is 4.52 Å². The third-order valence-electron chi connectivity index (χ3n) is 1.27. The van der Waals surface area contributed by atoms with Gasteiger partial charge in [0.2, 0.25) is 0 Å². The van der Waals surface area contributed by atoms with Crippen molar-refractivity contribution in [1.82, 2.24) is 25.4 Å². The van der Waals surface area contributed by atoms with Gasteiger partial charge in [-0.25, -0.2) is 9.89 Å². The van der Waals surface area contributed by atoms with Crippen LogP contribution in [0.3, 0.4) is 0 Å². The van der Waals surface area contributed by atoms with Gasteiger partial charge in [-0.3, -0.25) is 4.79 Å². The zero-order chi connectivity index (χ0) is 10.6. The lowest BCUT2D eigenvalue weighted by Gasteiger charge is -1.71. The highest BCUT2D eigenvalue weighted by molar-refractivity contribution is 4.88. The van der Waals surface area contributed by atoms with Crippen LogP contribution in [-0.2, 0) is 7.05 Å². The summed E-state index contributed by atoms with van der Waals surface area (Å²) in [5.74, 6) is 0.616. The highest BCUT2D eigenvalue weighted by atomic mass is 16.5. The van der Waals surface area contributed by atoms with E-state index in [2.05, 4.69) is 25.2 Å². The highest BCUT2D eigenvalue weighted by Gasteiger charge is 1.85. The van der Waals surface area contributed by atoms with Crippen LogP contribution < -0.4 is 11.2 Å². The van der Waals surface area contributed by atoms with E-state index in [9.17, 15) is 9.59 Å². The fourth-order valence-corrected chi connectivity index (χ4v) is 0.620. The van der Waals surface area contributed by atoms with Crippen LogP contribution in [0.1, 0.15) is 5.76 Å². The molecule has 0 radical (unpaired) electrons. The predicted octanol–water partition coefficient (Wildman–Crippen LogP) is -1.22. The first-order valence-electron chi connectivity index (χ1n) is 3.69. The molecule has 2 aromatic heterocycles. The lowest BCUT2D eigenvalue weighted by molar-refractivity contribution is 0.392. The summed E-state index contributed by atoms with van der Waals surface area (Å²) in [4.78, 5) is 20.3. The van der Waals surface area contributed by atoms with Gasteiger partial charge >= 0.3 is 5.69 Å². The van der Waals surface area contributed by atoms with Crippen molar-refractivity contribution in [1.29, 1.82) is 0 Å². The summed E-state index contributed by atoms with van der Waals surface area (Å²) >= 11 is 0. The van der Waals surface area contributed by atoms with Crippen LogP contribution in [0.2, 0.25) is 0 Å². The number of hydrogen-bond acceptors (Lipinski definition) is 5. The Morgan fingerprint density at radius 1 is 1.50 bits per heavy atom. The zero-order valence-corrected chi connectivity index (χ0v) is 7.64. The Balaban J connectivity index is 0.000000140. The normalized spacial score (nSPS) is 9.29. The Morgan fingerprint density at radius 2 is 2.21 bits per heavy atom. The highest BCUT2D eigenvalue weighted by Crippen LogP contribution is 1.83. The Bertz CT molecular complexity index is 490. The van der Waals surface area contributed by atoms with Gasteiger partial charge in [-0.1, -0.05) is 0 Å². The molecule has 0 aromatic carbocycles. The van der Waals surface area contributed by atoms with Gasteiger partial charge in [0.15, 0.2) is 0 Å². The summed E-state index contributed by atoms with van der Waals surface area (Å²) in [6, 6.07) is 1.39. The van der Waals surface area contributed by atoms with Crippen molar-refractivity contribution in [2.75, 3.05) is 0 Å². The van der Waals surface area contributed by atoms with Crippen molar-refractivity contribution in [3.63, 3.8) is 0 Å². The van der Waals surface area contributed by atoms with E-state index in [4.69, 9.17) is 0 Å². The van der Waals surface area contributed by atoms with Crippen LogP contribution in [0.15, 0.2) is 20.2 Å². The van der Waals surface area contributed by atoms with Gasteiger partial charge < -0.3 is 4.52 Å². The molecule has 0 saturated carbocycles. The van der Waals surface area contributed by atoms with Gasteiger partial charge in [0.05, 0.1) is 0 Å². The third-order valence-corrected chi connectivity index (χ3v) is 1.27. The molecule has 0 saturated heterocycles. The van der Waals surface area contributed by atoms with Crippen LogP contribution in [-0.4, -0.2) is 25.4 Å². The lowest BCUT2D eigenvalue weighted by atomic mass is 10.5. The molecule has 0 aliphatic carbocycles. The van der Waals surface area contributed by atoms with E-state index in [-0.39, 0.29) is 11.2 Å². The Hall–Kier alpha value is -2.12. The summed E-state index contributed by atoms with van der Waals surface area (Å²) in [5.41, 5.74) is -0.475. The maximum absolute atomic E-state index is 10.2. The number of aromatic nitrogens is 5. The van der Waals surface area contributed by atoms with E-state index < -0.39 is 0 Å². The minimum atomic E-state index is -0.292. The number of aryl methyl sites for hydroxylation is 2. The maximum Gasteiger partial charge on any atom is 0.360 e. The summed E-state index contributed by atoms with van der Waals surface area (Å²) in [6.07, 6.45) is 0. The monoisotopic (exact) mass is 199 g/mol. The van der Waals surface area contributed by atoms with Crippen molar-refractivity contribution in [3.05, 3.63) is 32.7 Å². The van der Waals surface area contributed by atoms with Crippen LogP contribution in [0.25, 0.3) is 0 Å². The van der Waals surface area contributed by atoms with Crippen molar-refractivity contribution in [3.8, 4) is 0 Å². The van der Waals surface area contributed by atoms with E-state index in [0.29, 0.717) is 5.76 Å². The SMILES string of the molecule is Cc1cc(=O)[nH]o1.Cn1nn[nH]c1=O. The van der Waals surface area contributed by atoms with Crippen LogP contribution >= 0.6 is 0 Å². The van der Waals surface area contributed by atoms with E-state index in [0.717, 1.165) is 4.68 Å². The van der Waals surface area contributed by atoms with E-state index in [1.807, 2.05) is 0 Å². The molecular formula is C6H9N5O3. The van der Waals surface area contributed by atoms with Crippen LogP contribution in [0, 0.1) is 6.92 Å². The molecule has 0 fully saturated rings. The average molecular weight is 199 g/mol.